The van der Waals surface area contributed by atoms with Crippen molar-refractivity contribution in [2.75, 3.05) is 13.7 Å². The van der Waals surface area contributed by atoms with Crippen molar-refractivity contribution in [3.8, 4) is 5.75 Å². The predicted octanol–water partition coefficient (Wildman–Crippen LogP) is 2.91. The van der Waals surface area contributed by atoms with Crippen LogP contribution in [0, 0.1) is 0 Å². The minimum atomic E-state index is -0.0838. The number of benzene rings is 2. The zero-order chi connectivity index (χ0) is 13.5. The third-order valence-electron chi connectivity index (χ3n) is 2.95. The highest BCUT2D eigenvalue weighted by atomic mass is 16.5. The maximum absolute atomic E-state index is 6.06. The number of ether oxygens (including phenoxy) is 2. The number of hydrogen-bond donors (Lipinski definition) is 1. The highest BCUT2D eigenvalue weighted by Crippen LogP contribution is 2.14. The van der Waals surface area contributed by atoms with Crippen molar-refractivity contribution >= 4 is 0 Å². The Kier molecular flexibility index (Phi) is 4.95. The van der Waals surface area contributed by atoms with Crippen LogP contribution in [0.5, 0.6) is 5.75 Å². The van der Waals surface area contributed by atoms with Crippen molar-refractivity contribution in [1.82, 2.24) is 0 Å². The molecular formula is C16H19NO2. The Morgan fingerprint density at radius 3 is 2.32 bits per heavy atom. The molecule has 0 bridgehead atoms. The third-order valence-corrected chi connectivity index (χ3v) is 2.95. The molecule has 0 fully saturated rings. The van der Waals surface area contributed by atoms with E-state index in [1.807, 2.05) is 54.6 Å². The summed E-state index contributed by atoms with van der Waals surface area (Å²) >= 11 is 0. The van der Waals surface area contributed by atoms with Gasteiger partial charge in [-0.1, -0.05) is 42.5 Å². The molecule has 0 aromatic heterocycles. The summed E-state index contributed by atoms with van der Waals surface area (Å²) in [6.07, 6.45) is 0. The lowest BCUT2D eigenvalue weighted by Crippen LogP contribution is -2.16. The molecule has 2 aromatic carbocycles. The average molecular weight is 257 g/mol. The molecule has 0 aliphatic heterocycles. The van der Waals surface area contributed by atoms with Gasteiger partial charge in [-0.25, -0.2) is 0 Å². The SMILES string of the molecule is COc1ccc(COC[C@H](N)c2ccccc2)cc1. The van der Waals surface area contributed by atoms with Gasteiger partial charge in [-0.3, -0.25) is 0 Å². The molecule has 0 saturated heterocycles. The van der Waals surface area contributed by atoms with Crippen molar-refractivity contribution in [3.63, 3.8) is 0 Å². The molecule has 0 amide bonds. The summed E-state index contributed by atoms with van der Waals surface area (Å²) < 4.78 is 10.8. The predicted molar refractivity (Wildman–Crippen MR) is 76.0 cm³/mol. The van der Waals surface area contributed by atoms with Crippen LogP contribution >= 0.6 is 0 Å². The Hall–Kier alpha value is -1.84. The van der Waals surface area contributed by atoms with E-state index in [9.17, 15) is 0 Å². The van der Waals surface area contributed by atoms with Crippen molar-refractivity contribution in [2.45, 2.75) is 12.6 Å². The molecule has 2 N–H and O–H groups in total. The first-order chi connectivity index (χ1) is 9.29. The Morgan fingerprint density at radius 2 is 1.68 bits per heavy atom. The molecule has 19 heavy (non-hydrogen) atoms. The lowest BCUT2D eigenvalue weighted by molar-refractivity contribution is 0.108. The maximum atomic E-state index is 6.06. The molecule has 0 spiro atoms. The van der Waals surface area contributed by atoms with E-state index >= 15 is 0 Å². The lowest BCUT2D eigenvalue weighted by Gasteiger charge is -2.12. The monoisotopic (exact) mass is 257 g/mol. The highest BCUT2D eigenvalue weighted by molar-refractivity contribution is 5.26. The van der Waals surface area contributed by atoms with E-state index in [4.69, 9.17) is 15.2 Å². The van der Waals surface area contributed by atoms with E-state index in [1.54, 1.807) is 7.11 Å². The summed E-state index contributed by atoms with van der Waals surface area (Å²) in [6.45, 7) is 1.07. The maximum Gasteiger partial charge on any atom is 0.118 e. The number of methoxy groups -OCH3 is 1. The van der Waals surface area contributed by atoms with Crippen LogP contribution in [0.15, 0.2) is 54.6 Å². The molecule has 2 aromatic rings. The fraction of sp³-hybridized carbons (Fsp3) is 0.250. The van der Waals surface area contributed by atoms with E-state index in [2.05, 4.69) is 0 Å². The van der Waals surface area contributed by atoms with Crippen LogP contribution in [0.1, 0.15) is 17.2 Å². The standard InChI is InChI=1S/C16H19NO2/c1-18-15-9-7-13(8-10-15)11-19-12-16(17)14-5-3-2-4-6-14/h2-10,16H,11-12,17H2,1H3/t16-/m0/s1. The highest BCUT2D eigenvalue weighted by Gasteiger charge is 2.05. The van der Waals surface area contributed by atoms with Crippen LogP contribution in [0.3, 0.4) is 0 Å². The molecule has 0 radical (unpaired) electrons. The van der Waals surface area contributed by atoms with Gasteiger partial charge >= 0.3 is 0 Å². The van der Waals surface area contributed by atoms with E-state index < -0.39 is 0 Å². The minimum Gasteiger partial charge on any atom is -0.497 e. The van der Waals surface area contributed by atoms with Crippen LogP contribution in [0.25, 0.3) is 0 Å². The first kappa shape index (κ1) is 13.6. The van der Waals surface area contributed by atoms with Gasteiger partial charge in [0.05, 0.1) is 26.4 Å². The molecule has 0 unspecified atom stereocenters. The Bertz CT molecular complexity index is 482. The molecule has 0 heterocycles. The molecule has 0 aliphatic rings. The average Bonchev–Trinajstić information content (AvgIpc) is 2.49. The van der Waals surface area contributed by atoms with Crippen LogP contribution in [-0.2, 0) is 11.3 Å². The summed E-state index contributed by atoms with van der Waals surface area (Å²) in [6, 6.07) is 17.7. The molecule has 2 rings (SSSR count). The fourth-order valence-corrected chi connectivity index (χ4v) is 1.82. The Morgan fingerprint density at radius 1 is 1.00 bits per heavy atom. The number of nitrogens with two attached hydrogens (primary N) is 1. The lowest BCUT2D eigenvalue weighted by atomic mass is 10.1. The topological polar surface area (TPSA) is 44.5 Å². The summed E-state index contributed by atoms with van der Waals surface area (Å²) in [5.41, 5.74) is 8.27. The molecule has 0 saturated carbocycles. The quantitative estimate of drug-likeness (QED) is 0.865. The molecule has 0 aliphatic carbocycles. The summed E-state index contributed by atoms with van der Waals surface area (Å²) in [4.78, 5) is 0. The smallest absolute Gasteiger partial charge is 0.118 e. The van der Waals surface area contributed by atoms with Crippen molar-refractivity contribution in [3.05, 3.63) is 65.7 Å². The van der Waals surface area contributed by atoms with Crippen LogP contribution in [0.2, 0.25) is 0 Å². The zero-order valence-electron chi connectivity index (χ0n) is 11.1. The van der Waals surface area contributed by atoms with Gasteiger partial charge in [0.2, 0.25) is 0 Å². The molecule has 1 atom stereocenters. The largest absolute Gasteiger partial charge is 0.497 e. The first-order valence-corrected chi connectivity index (χ1v) is 6.31. The van der Waals surface area contributed by atoms with Gasteiger partial charge in [0.1, 0.15) is 5.75 Å². The van der Waals surface area contributed by atoms with Gasteiger partial charge in [0, 0.05) is 0 Å². The number of rotatable bonds is 6. The fourth-order valence-electron chi connectivity index (χ4n) is 1.82. The van der Waals surface area contributed by atoms with Gasteiger partial charge in [0.25, 0.3) is 0 Å². The van der Waals surface area contributed by atoms with Gasteiger partial charge in [-0.15, -0.1) is 0 Å². The van der Waals surface area contributed by atoms with Crippen LogP contribution in [0.4, 0.5) is 0 Å². The molecule has 100 valence electrons. The van der Waals surface area contributed by atoms with E-state index in [1.165, 1.54) is 0 Å². The number of hydrogen-bond acceptors (Lipinski definition) is 3. The second kappa shape index (κ2) is 6.92. The Labute approximate surface area is 114 Å². The van der Waals surface area contributed by atoms with Gasteiger partial charge < -0.3 is 15.2 Å². The normalized spacial score (nSPS) is 12.1. The van der Waals surface area contributed by atoms with Crippen LogP contribution < -0.4 is 10.5 Å². The summed E-state index contributed by atoms with van der Waals surface area (Å²) in [5, 5.41) is 0. The van der Waals surface area contributed by atoms with Crippen molar-refractivity contribution in [2.24, 2.45) is 5.73 Å². The summed E-state index contributed by atoms with van der Waals surface area (Å²) in [5.74, 6) is 0.852. The van der Waals surface area contributed by atoms with Crippen molar-refractivity contribution in [1.29, 1.82) is 0 Å². The first-order valence-electron chi connectivity index (χ1n) is 6.31. The second-order valence-corrected chi connectivity index (χ2v) is 4.38. The van der Waals surface area contributed by atoms with Crippen LogP contribution in [-0.4, -0.2) is 13.7 Å². The van der Waals surface area contributed by atoms with E-state index in [0.717, 1.165) is 16.9 Å². The second-order valence-electron chi connectivity index (χ2n) is 4.38. The van der Waals surface area contributed by atoms with Gasteiger partial charge in [-0.05, 0) is 23.3 Å². The molecule has 3 nitrogen and oxygen atoms in total. The molecular weight excluding hydrogens is 238 g/mol. The van der Waals surface area contributed by atoms with E-state index in [0.29, 0.717) is 13.2 Å². The third kappa shape index (κ3) is 4.09. The zero-order valence-corrected chi connectivity index (χ0v) is 11.1. The van der Waals surface area contributed by atoms with Gasteiger partial charge in [0.15, 0.2) is 0 Å². The molecule has 3 heteroatoms. The van der Waals surface area contributed by atoms with Gasteiger partial charge in [-0.2, -0.15) is 0 Å². The minimum absolute atomic E-state index is 0.0838. The van der Waals surface area contributed by atoms with E-state index in [-0.39, 0.29) is 6.04 Å². The Balaban J connectivity index is 1.79. The van der Waals surface area contributed by atoms with Crippen molar-refractivity contribution < 1.29 is 9.47 Å². The summed E-state index contributed by atoms with van der Waals surface area (Å²) in [7, 11) is 1.66.